The molecule has 1 heterocycles. The van der Waals surface area contributed by atoms with Crippen molar-refractivity contribution in [2.45, 2.75) is 26.0 Å². The number of hydrogen-bond acceptors (Lipinski definition) is 7. The summed E-state index contributed by atoms with van der Waals surface area (Å²) in [4.78, 5) is 16.7. The average Bonchev–Trinajstić information content (AvgIpc) is 3.25. The van der Waals surface area contributed by atoms with Crippen LogP contribution in [0.4, 0.5) is 0 Å². The first-order valence-electron chi connectivity index (χ1n) is 9.19. The summed E-state index contributed by atoms with van der Waals surface area (Å²) in [6, 6.07) is 14.5. The normalized spacial score (nSPS) is 11.6. The number of carbonyl (C=O) groups excluding carboxylic acids is 1. The number of nitrogens with one attached hydrogen (secondary N) is 1. The smallest absolute Gasteiger partial charge is 0.261 e. The van der Waals surface area contributed by atoms with Crippen molar-refractivity contribution in [3.05, 3.63) is 54.4 Å². The standard InChI is InChI=1S/C21H23N3O5/c1-4-16(28-15-8-6-5-7-9-15)21(25)22-13-19-23-20(24-29-19)14-10-11-17(26-2)18(12-14)27-3/h5-12,16H,4,13H2,1-3H3,(H,22,25)/t16-/m1/s1. The Kier molecular flexibility index (Phi) is 6.67. The number of ether oxygens (including phenoxy) is 3. The van der Waals surface area contributed by atoms with Gasteiger partial charge in [-0.3, -0.25) is 4.79 Å². The Morgan fingerprint density at radius 2 is 1.86 bits per heavy atom. The van der Waals surface area contributed by atoms with E-state index in [-0.39, 0.29) is 18.3 Å². The number of benzene rings is 2. The molecule has 0 bridgehead atoms. The van der Waals surface area contributed by atoms with E-state index in [0.717, 1.165) is 0 Å². The molecule has 0 saturated carbocycles. The molecule has 1 aromatic heterocycles. The van der Waals surface area contributed by atoms with E-state index in [1.807, 2.05) is 37.3 Å². The molecule has 152 valence electrons. The summed E-state index contributed by atoms with van der Waals surface area (Å²) >= 11 is 0. The molecule has 1 N–H and O–H groups in total. The first kappa shape index (κ1) is 20.2. The molecule has 0 aliphatic rings. The highest BCUT2D eigenvalue weighted by atomic mass is 16.5. The van der Waals surface area contributed by atoms with E-state index in [1.165, 1.54) is 0 Å². The fraction of sp³-hybridized carbons (Fsp3) is 0.286. The SMILES string of the molecule is CC[C@@H](Oc1ccccc1)C(=O)NCc1nc(-c2ccc(OC)c(OC)c2)no1. The second-order valence-electron chi connectivity index (χ2n) is 6.13. The highest BCUT2D eigenvalue weighted by Crippen LogP contribution is 2.31. The van der Waals surface area contributed by atoms with Gasteiger partial charge < -0.3 is 24.1 Å². The monoisotopic (exact) mass is 397 g/mol. The van der Waals surface area contributed by atoms with Gasteiger partial charge in [0.1, 0.15) is 5.75 Å². The molecule has 0 fully saturated rings. The first-order chi connectivity index (χ1) is 14.1. The van der Waals surface area contributed by atoms with Gasteiger partial charge in [0.25, 0.3) is 5.91 Å². The van der Waals surface area contributed by atoms with Crippen LogP contribution in [0.1, 0.15) is 19.2 Å². The summed E-state index contributed by atoms with van der Waals surface area (Å²) in [5.41, 5.74) is 0.711. The number of para-hydroxylation sites is 1. The maximum absolute atomic E-state index is 12.4. The lowest BCUT2D eigenvalue weighted by Crippen LogP contribution is -2.37. The molecule has 0 radical (unpaired) electrons. The van der Waals surface area contributed by atoms with E-state index in [9.17, 15) is 4.79 Å². The molecule has 29 heavy (non-hydrogen) atoms. The van der Waals surface area contributed by atoms with Gasteiger partial charge in [-0.15, -0.1) is 0 Å². The zero-order valence-corrected chi connectivity index (χ0v) is 16.5. The van der Waals surface area contributed by atoms with E-state index in [4.69, 9.17) is 18.7 Å². The summed E-state index contributed by atoms with van der Waals surface area (Å²) in [5.74, 6) is 2.25. The summed E-state index contributed by atoms with van der Waals surface area (Å²) in [6.07, 6.45) is -0.0767. The molecule has 3 rings (SSSR count). The molecular formula is C21H23N3O5. The van der Waals surface area contributed by atoms with Gasteiger partial charge in [0, 0.05) is 5.56 Å². The summed E-state index contributed by atoms with van der Waals surface area (Å²) in [5, 5.41) is 6.73. The molecular weight excluding hydrogens is 374 g/mol. The predicted octanol–water partition coefficient (Wildman–Crippen LogP) is 3.23. The third-order valence-electron chi connectivity index (χ3n) is 4.21. The Bertz CT molecular complexity index is 942. The molecule has 0 spiro atoms. The van der Waals surface area contributed by atoms with E-state index >= 15 is 0 Å². The lowest BCUT2D eigenvalue weighted by molar-refractivity contribution is -0.128. The second-order valence-corrected chi connectivity index (χ2v) is 6.13. The molecule has 8 nitrogen and oxygen atoms in total. The number of amides is 1. The maximum atomic E-state index is 12.4. The third-order valence-corrected chi connectivity index (χ3v) is 4.21. The van der Waals surface area contributed by atoms with Gasteiger partial charge in [0.2, 0.25) is 11.7 Å². The van der Waals surface area contributed by atoms with Crippen LogP contribution >= 0.6 is 0 Å². The number of hydrogen-bond donors (Lipinski definition) is 1. The minimum absolute atomic E-state index is 0.105. The van der Waals surface area contributed by atoms with Crippen LogP contribution in [0.15, 0.2) is 53.1 Å². The number of carbonyl (C=O) groups is 1. The number of nitrogens with zero attached hydrogens (tertiary/aromatic N) is 2. The molecule has 8 heteroatoms. The largest absolute Gasteiger partial charge is 0.493 e. The molecule has 0 saturated heterocycles. The minimum atomic E-state index is -0.606. The number of methoxy groups -OCH3 is 2. The Morgan fingerprint density at radius 3 is 2.55 bits per heavy atom. The molecule has 1 amide bonds. The summed E-state index contributed by atoms with van der Waals surface area (Å²) in [7, 11) is 3.12. The van der Waals surface area contributed by atoms with Gasteiger partial charge in [-0.2, -0.15) is 4.98 Å². The topological polar surface area (TPSA) is 95.7 Å². The molecule has 3 aromatic rings. The second kappa shape index (κ2) is 9.59. The van der Waals surface area contributed by atoms with Crippen LogP contribution in [0.2, 0.25) is 0 Å². The van der Waals surface area contributed by atoms with Crippen LogP contribution in [0, 0.1) is 0 Å². The predicted molar refractivity (Wildman–Crippen MR) is 106 cm³/mol. The van der Waals surface area contributed by atoms with Crippen LogP contribution in [-0.4, -0.2) is 36.4 Å². The lowest BCUT2D eigenvalue weighted by Gasteiger charge is -2.16. The van der Waals surface area contributed by atoms with Crippen molar-refractivity contribution < 1.29 is 23.5 Å². The molecule has 0 unspecified atom stereocenters. The van der Waals surface area contributed by atoms with Crippen molar-refractivity contribution in [2.24, 2.45) is 0 Å². The van der Waals surface area contributed by atoms with Gasteiger partial charge in [0.05, 0.1) is 20.8 Å². The van der Waals surface area contributed by atoms with Crippen LogP contribution in [0.3, 0.4) is 0 Å². The molecule has 1 atom stereocenters. The van der Waals surface area contributed by atoms with Crippen molar-refractivity contribution in [3.8, 4) is 28.6 Å². The van der Waals surface area contributed by atoms with E-state index in [0.29, 0.717) is 35.1 Å². The molecule has 2 aromatic carbocycles. The summed E-state index contributed by atoms with van der Waals surface area (Å²) < 4.78 is 21.5. The maximum Gasteiger partial charge on any atom is 0.261 e. The van der Waals surface area contributed by atoms with E-state index < -0.39 is 6.10 Å². The highest BCUT2D eigenvalue weighted by molar-refractivity contribution is 5.81. The quantitative estimate of drug-likeness (QED) is 0.592. The van der Waals surface area contributed by atoms with Crippen LogP contribution in [0.5, 0.6) is 17.2 Å². The van der Waals surface area contributed by atoms with Crippen molar-refractivity contribution in [1.29, 1.82) is 0 Å². The van der Waals surface area contributed by atoms with Gasteiger partial charge in [0.15, 0.2) is 17.6 Å². The van der Waals surface area contributed by atoms with Crippen LogP contribution < -0.4 is 19.5 Å². The highest BCUT2D eigenvalue weighted by Gasteiger charge is 2.19. The van der Waals surface area contributed by atoms with Gasteiger partial charge in [-0.05, 0) is 36.8 Å². The molecule has 0 aliphatic heterocycles. The van der Waals surface area contributed by atoms with Crippen molar-refractivity contribution in [3.63, 3.8) is 0 Å². The van der Waals surface area contributed by atoms with Gasteiger partial charge >= 0.3 is 0 Å². The number of rotatable bonds is 9. The van der Waals surface area contributed by atoms with Gasteiger partial charge in [-0.1, -0.05) is 30.3 Å². The zero-order valence-electron chi connectivity index (χ0n) is 16.5. The van der Waals surface area contributed by atoms with Crippen LogP contribution in [0.25, 0.3) is 11.4 Å². The van der Waals surface area contributed by atoms with Gasteiger partial charge in [-0.25, -0.2) is 0 Å². The first-order valence-corrected chi connectivity index (χ1v) is 9.19. The third kappa shape index (κ3) is 5.04. The summed E-state index contributed by atoms with van der Waals surface area (Å²) in [6.45, 7) is 1.99. The average molecular weight is 397 g/mol. The molecule has 0 aliphatic carbocycles. The Labute approximate surface area is 168 Å². The lowest BCUT2D eigenvalue weighted by atomic mass is 10.2. The zero-order chi connectivity index (χ0) is 20.6. The minimum Gasteiger partial charge on any atom is -0.493 e. The fourth-order valence-electron chi connectivity index (χ4n) is 2.68. The van der Waals surface area contributed by atoms with Crippen molar-refractivity contribution in [2.75, 3.05) is 14.2 Å². The van der Waals surface area contributed by atoms with Crippen LogP contribution in [-0.2, 0) is 11.3 Å². The van der Waals surface area contributed by atoms with Crippen molar-refractivity contribution in [1.82, 2.24) is 15.5 Å². The Hall–Kier alpha value is -3.55. The van der Waals surface area contributed by atoms with E-state index in [2.05, 4.69) is 15.5 Å². The number of aromatic nitrogens is 2. The van der Waals surface area contributed by atoms with Crippen molar-refractivity contribution >= 4 is 5.91 Å². The Morgan fingerprint density at radius 1 is 1.10 bits per heavy atom. The fourth-order valence-corrected chi connectivity index (χ4v) is 2.68. The van der Waals surface area contributed by atoms with E-state index in [1.54, 1.807) is 32.4 Å². The Balaban J connectivity index is 1.62.